The molecule has 8 heteroatoms. The van der Waals surface area contributed by atoms with Crippen LogP contribution in [0.25, 0.3) is 0 Å². The highest BCUT2D eigenvalue weighted by Gasteiger charge is 2.54. The van der Waals surface area contributed by atoms with Gasteiger partial charge in [0.05, 0.1) is 6.10 Å². The molecule has 2 amide bonds. The van der Waals surface area contributed by atoms with Crippen LogP contribution in [0.4, 0.5) is 0 Å². The molecular formula is C30H41N3O4S. The Morgan fingerprint density at radius 2 is 1.66 bits per heavy atom. The van der Waals surface area contributed by atoms with Crippen LogP contribution >= 0.6 is 11.8 Å². The van der Waals surface area contributed by atoms with E-state index in [0.29, 0.717) is 19.4 Å². The predicted molar refractivity (Wildman–Crippen MR) is 151 cm³/mol. The second-order valence-electron chi connectivity index (χ2n) is 10.8. The molecule has 7 nitrogen and oxygen atoms in total. The number of aliphatic hydroxyl groups is 1. The number of amides is 2. The number of rotatable bonds is 10. The highest BCUT2D eigenvalue weighted by molar-refractivity contribution is 7.98. The van der Waals surface area contributed by atoms with E-state index >= 15 is 0 Å². The third-order valence-corrected chi connectivity index (χ3v) is 8.57. The number of benzene rings is 2. The second kappa shape index (κ2) is 12.5. The minimum atomic E-state index is -0.894. The molecular weight excluding hydrogens is 498 g/mol. The van der Waals surface area contributed by atoms with Crippen molar-refractivity contribution in [2.45, 2.75) is 75.6 Å². The van der Waals surface area contributed by atoms with E-state index in [1.165, 1.54) is 10.5 Å². The van der Waals surface area contributed by atoms with Gasteiger partial charge in [-0.25, -0.2) is 0 Å². The fraction of sp³-hybridized carbons (Fsp3) is 0.533. The SMILES string of the molecule is CCCCN1C(=O)[C@@H]([C@H](O)C(C)C)NC(=O)C12CCN(Cc1ccc(Oc3ccc(SC)cc3)cc1)CC2. The lowest BCUT2D eigenvalue weighted by Gasteiger charge is -2.52. The maximum atomic E-state index is 13.5. The van der Waals surface area contributed by atoms with Crippen molar-refractivity contribution in [1.29, 1.82) is 0 Å². The van der Waals surface area contributed by atoms with Crippen molar-refractivity contribution in [3.05, 3.63) is 54.1 Å². The van der Waals surface area contributed by atoms with Gasteiger partial charge in [0.15, 0.2) is 0 Å². The highest BCUT2D eigenvalue weighted by Crippen LogP contribution is 2.35. The number of piperazine rings is 1. The summed E-state index contributed by atoms with van der Waals surface area (Å²) >= 11 is 1.70. The number of nitrogens with zero attached hydrogens (tertiary/aromatic N) is 2. The molecule has 2 saturated heterocycles. The zero-order valence-electron chi connectivity index (χ0n) is 23.0. The fourth-order valence-corrected chi connectivity index (χ4v) is 5.78. The molecule has 2 aromatic carbocycles. The summed E-state index contributed by atoms with van der Waals surface area (Å²) in [4.78, 5) is 32.3. The van der Waals surface area contributed by atoms with Crippen molar-refractivity contribution < 1.29 is 19.4 Å². The highest BCUT2D eigenvalue weighted by atomic mass is 32.2. The van der Waals surface area contributed by atoms with Crippen LogP contribution in [0.5, 0.6) is 11.5 Å². The average molecular weight is 540 g/mol. The molecule has 2 fully saturated rings. The molecule has 2 heterocycles. The summed E-state index contributed by atoms with van der Waals surface area (Å²) in [5, 5.41) is 13.5. The van der Waals surface area contributed by atoms with Gasteiger partial charge in [-0.2, -0.15) is 0 Å². The number of ether oxygens (including phenoxy) is 1. The molecule has 0 aromatic heterocycles. The Kier molecular flexibility index (Phi) is 9.39. The summed E-state index contributed by atoms with van der Waals surface area (Å²) in [6, 6.07) is 15.3. The normalized spacial score (nSPS) is 20.6. The van der Waals surface area contributed by atoms with Crippen LogP contribution in [-0.4, -0.2) is 70.3 Å². The van der Waals surface area contributed by atoms with Crippen LogP contribution in [0, 0.1) is 5.92 Å². The Morgan fingerprint density at radius 3 is 2.21 bits per heavy atom. The van der Waals surface area contributed by atoms with Gasteiger partial charge in [-0.05, 0) is 73.4 Å². The number of hydrogen-bond donors (Lipinski definition) is 2. The van der Waals surface area contributed by atoms with Crippen molar-refractivity contribution in [3.63, 3.8) is 0 Å². The van der Waals surface area contributed by atoms with E-state index in [4.69, 9.17) is 4.74 Å². The molecule has 4 rings (SSSR count). The largest absolute Gasteiger partial charge is 0.457 e. The molecule has 38 heavy (non-hydrogen) atoms. The summed E-state index contributed by atoms with van der Waals surface area (Å²) in [6.07, 6.45) is 4.11. The minimum absolute atomic E-state index is 0.120. The number of unbranched alkanes of at least 4 members (excludes halogenated alkanes) is 1. The van der Waals surface area contributed by atoms with Gasteiger partial charge in [-0.1, -0.05) is 39.3 Å². The van der Waals surface area contributed by atoms with Gasteiger partial charge >= 0.3 is 0 Å². The third kappa shape index (κ3) is 6.19. The number of aliphatic hydroxyl groups excluding tert-OH is 1. The van der Waals surface area contributed by atoms with Crippen LogP contribution in [-0.2, 0) is 16.1 Å². The Balaban J connectivity index is 1.38. The number of hydrogen-bond acceptors (Lipinski definition) is 6. The quantitative estimate of drug-likeness (QED) is 0.427. The maximum Gasteiger partial charge on any atom is 0.248 e. The Labute approximate surface area is 230 Å². The van der Waals surface area contributed by atoms with E-state index in [9.17, 15) is 14.7 Å². The summed E-state index contributed by atoms with van der Waals surface area (Å²) in [7, 11) is 0. The monoisotopic (exact) mass is 539 g/mol. The lowest BCUT2D eigenvalue weighted by atomic mass is 9.80. The van der Waals surface area contributed by atoms with E-state index in [2.05, 4.69) is 35.5 Å². The predicted octanol–water partition coefficient (Wildman–Crippen LogP) is 4.68. The molecule has 1 spiro atoms. The molecule has 0 bridgehead atoms. The van der Waals surface area contributed by atoms with Crippen molar-refractivity contribution in [2.75, 3.05) is 25.9 Å². The summed E-state index contributed by atoms with van der Waals surface area (Å²) in [5.41, 5.74) is 0.345. The van der Waals surface area contributed by atoms with E-state index in [0.717, 1.165) is 44.0 Å². The summed E-state index contributed by atoms with van der Waals surface area (Å²) in [6.45, 7) is 8.59. The third-order valence-electron chi connectivity index (χ3n) is 7.83. The van der Waals surface area contributed by atoms with E-state index in [-0.39, 0.29) is 17.7 Å². The van der Waals surface area contributed by atoms with Gasteiger partial charge in [0, 0.05) is 31.1 Å². The molecule has 0 radical (unpaired) electrons. The Morgan fingerprint density at radius 1 is 1.05 bits per heavy atom. The van der Waals surface area contributed by atoms with E-state index < -0.39 is 17.7 Å². The lowest BCUT2D eigenvalue weighted by molar-refractivity contribution is -0.165. The first kappa shape index (κ1) is 28.5. The van der Waals surface area contributed by atoms with Crippen LogP contribution in [0.2, 0.25) is 0 Å². The second-order valence-corrected chi connectivity index (χ2v) is 11.6. The first-order valence-electron chi connectivity index (χ1n) is 13.7. The van der Waals surface area contributed by atoms with Gasteiger partial charge in [0.25, 0.3) is 0 Å². The molecule has 2 atom stereocenters. The van der Waals surface area contributed by atoms with E-state index in [1.807, 2.05) is 50.2 Å². The standard InChI is InChI=1S/C30H41N3O4S/c1-5-6-17-33-28(35)26(27(34)21(2)3)31-29(36)30(33)15-18-32(19-16-30)20-22-7-9-23(10-8-22)37-24-11-13-25(38-4)14-12-24/h7-14,21,26-27,34H,5-6,15-20H2,1-4H3,(H,31,36)/t26-,27-/m1/s1. The van der Waals surface area contributed by atoms with Crippen molar-refractivity contribution >= 4 is 23.6 Å². The molecule has 0 aliphatic carbocycles. The average Bonchev–Trinajstić information content (AvgIpc) is 2.93. The van der Waals surface area contributed by atoms with Crippen LogP contribution in [0.1, 0.15) is 52.0 Å². The zero-order valence-corrected chi connectivity index (χ0v) is 23.8. The smallest absolute Gasteiger partial charge is 0.248 e. The Bertz CT molecular complexity index is 1080. The van der Waals surface area contributed by atoms with Gasteiger partial charge in [-0.15, -0.1) is 11.8 Å². The number of thioether (sulfide) groups is 1. The molecule has 2 N–H and O–H groups in total. The molecule has 206 valence electrons. The fourth-order valence-electron chi connectivity index (χ4n) is 5.37. The number of carbonyl (C=O) groups excluding carboxylic acids is 2. The lowest BCUT2D eigenvalue weighted by Crippen LogP contribution is -2.74. The van der Waals surface area contributed by atoms with Crippen LogP contribution in [0.15, 0.2) is 53.4 Å². The minimum Gasteiger partial charge on any atom is -0.457 e. The zero-order chi connectivity index (χ0) is 27.3. The number of likely N-dealkylation sites (tertiary alicyclic amines) is 1. The van der Waals surface area contributed by atoms with Crippen molar-refractivity contribution in [1.82, 2.24) is 15.1 Å². The number of carbonyl (C=O) groups is 2. The first-order chi connectivity index (χ1) is 18.3. The number of piperidine rings is 1. The molecule has 2 aromatic rings. The van der Waals surface area contributed by atoms with Crippen molar-refractivity contribution in [2.24, 2.45) is 5.92 Å². The molecule has 2 aliphatic rings. The summed E-state index contributed by atoms with van der Waals surface area (Å²) < 4.78 is 5.98. The van der Waals surface area contributed by atoms with Gasteiger partial charge in [-0.3, -0.25) is 14.5 Å². The maximum absolute atomic E-state index is 13.5. The van der Waals surface area contributed by atoms with Gasteiger partial charge in [0.2, 0.25) is 11.8 Å². The first-order valence-corrected chi connectivity index (χ1v) is 14.9. The summed E-state index contributed by atoms with van der Waals surface area (Å²) in [5.74, 6) is 1.22. The van der Waals surface area contributed by atoms with Crippen molar-refractivity contribution in [3.8, 4) is 11.5 Å². The van der Waals surface area contributed by atoms with E-state index in [1.54, 1.807) is 16.7 Å². The van der Waals surface area contributed by atoms with Gasteiger partial charge in [0.1, 0.15) is 23.1 Å². The molecule has 2 aliphatic heterocycles. The van der Waals surface area contributed by atoms with Crippen LogP contribution < -0.4 is 10.1 Å². The molecule has 0 unspecified atom stereocenters. The molecule has 0 saturated carbocycles. The topological polar surface area (TPSA) is 82.1 Å². The number of nitrogens with one attached hydrogen (secondary N) is 1. The van der Waals surface area contributed by atoms with Crippen LogP contribution in [0.3, 0.4) is 0 Å². The Hall–Kier alpha value is -2.55. The van der Waals surface area contributed by atoms with Gasteiger partial charge < -0.3 is 20.1 Å².